The Morgan fingerprint density at radius 3 is 2.22 bits per heavy atom. The van der Waals surface area contributed by atoms with Gasteiger partial charge in [0.25, 0.3) is 5.91 Å². The van der Waals surface area contributed by atoms with Gasteiger partial charge >= 0.3 is 0 Å². The van der Waals surface area contributed by atoms with E-state index < -0.39 is 6.04 Å². The van der Waals surface area contributed by atoms with Crippen molar-refractivity contribution >= 4 is 39.0 Å². The Kier molecular flexibility index (Phi) is 7.51. The molecule has 5 nitrogen and oxygen atoms in total. The molecule has 1 unspecified atom stereocenters. The minimum Gasteiger partial charge on any atom is -0.497 e. The molecule has 0 fully saturated rings. The molecule has 168 valence electrons. The SMILES string of the molecule is COc1ccc(C(C(=O)Cc2ccc(C(C)(C)C)cc2)N(C)C(=O)c2cnc(Br)s2)cc1. The molecule has 2 aromatic carbocycles. The van der Waals surface area contributed by atoms with Crippen LogP contribution in [0, 0.1) is 0 Å². The topological polar surface area (TPSA) is 59.5 Å². The lowest BCUT2D eigenvalue weighted by atomic mass is 9.86. The highest BCUT2D eigenvalue weighted by molar-refractivity contribution is 9.11. The molecule has 0 spiro atoms. The molecule has 1 heterocycles. The van der Waals surface area contributed by atoms with Crippen LogP contribution in [0.15, 0.2) is 58.6 Å². The van der Waals surface area contributed by atoms with Crippen LogP contribution in [0.3, 0.4) is 0 Å². The molecule has 7 heteroatoms. The predicted octanol–water partition coefficient (Wildman–Crippen LogP) is 5.84. The Bertz CT molecular complexity index is 1090. The van der Waals surface area contributed by atoms with E-state index in [0.717, 1.165) is 11.1 Å². The lowest BCUT2D eigenvalue weighted by molar-refractivity contribution is -0.122. The second-order valence-electron chi connectivity index (χ2n) is 8.66. The van der Waals surface area contributed by atoms with Crippen molar-refractivity contribution in [1.29, 1.82) is 0 Å². The lowest BCUT2D eigenvalue weighted by Gasteiger charge is -2.27. The van der Waals surface area contributed by atoms with E-state index in [0.29, 0.717) is 14.5 Å². The van der Waals surface area contributed by atoms with Crippen molar-refractivity contribution in [2.45, 2.75) is 38.6 Å². The van der Waals surface area contributed by atoms with Crippen LogP contribution < -0.4 is 4.74 Å². The maximum Gasteiger partial charge on any atom is 0.266 e. The van der Waals surface area contributed by atoms with E-state index >= 15 is 0 Å². The van der Waals surface area contributed by atoms with Crippen molar-refractivity contribution in [2.75, 3.05) is 14.2 Å². The summed E-state index contributed by atoms with van der Waals surface area (Å²) in [5.41, 5.74) is 2.91. The van der Waals surface area contributed by atoms with Gasteiger partial charge in [-0.1, -0.05) is 57.2 Å². The molecule has 0 bridgehead atoms. The molecule has 32 heavy (non-hydrogen) atoms. The first kappa shape index (κ1) is 24.1. The number of aromatic nitrogens is 1. The summed E-state index contributed by atoms with van der Waals surface area (Å²) in [5, 5.41) is 0. The standard InChI is InChI=1S/C25H27BrN2O3S/c1-25(2,3)18-10-6-16(7-11-18)14-20(29)22(17-8-12-19(31-5)13-9-17)28(4)23(30)21-15-27-24(26)32-21/h6-13,15,22H,14H2,1-5H3. The number of likely N-dealkylation sites (N-methyl/N-ethyl adjacent to an activating group) is 1. The molecule has 3 aromatic rings. The molecule has 0 saturated heterocycles. The maximum absolute atomic E-state index is 13.5. The quantitative estimate of drug-likeness (QED) is 0.397. The van der Waals surface area contributed by atoms with Crippen LogP contribution in [0.25, 0.3) is 0 Å². The summed E-state index contributed by atoms with van der Waals surface area (Å²) >= 11 is 4.54. The fourth-order valence-electron chi connectivity index (χ4n) is 3.47. The molecule has 1 amide bonds. The van der Waals surface area contributed by atoms with Gasteiger partial charge in [-0.2, -0.15) is 0 Å². The Hall–Kier alpha value is -2.51. The highest BCUT2D eigenvalue weighted by Crippen LogP contribution is 2.29. The number of hydrogen-bond acceptors (Lipinski definition) is 5. The second-order valence-corrected chi connectivity index (χ2v) is 11.0. The number of carbonyl (C=O) groups excluding carboxylic acids is 2. The lowest BCUT2D eigenvalue weighted by Crippen LogP contribution is -2.36. The molecule has 0 aliphatic rings. The van der Waals surface area contributed by atoms with Crippen molar-refractivity contribution in [3.05, 3.63) is 80.2 Å². The molecule has 1 atom stereocenters. The average molecular weight is 515 g/mol. The van der Waals surface area contributed by atoms with Gasteiger partial charge < -0.3 is 9.64 Å². The number of benzene rings is 2. The van der Waals surface area contributed by atoms with Crippen LogP contribution in [0.2, 0.25) is 0 Å². The second kappa shape index (κ2) is 9.96. The van der Waals surface area contributed by atoms with E-state index in [1.165, 1.54) is 28.0 Å². The summed E-state index contributed by atoms with van der Waals surface area (Å²) in [6, 6.07) is 14.6. The van der Waals surface area contributed by atoms with Gasteiger partial charge in [-0.15, -0.1) is 11.3 Å². The monoisotopic (exact) mass is 514 g/mol. The van der Waals surface area contributed by atoms with Gasteiger partial charge in [0, 0.05) is 13.5 Å². The van der Waals surface area contributed by atoms with Crippen molar-refractivity contribution in [3.63, 3.8) is 0 Å². The van der Waals surface area contributed by atoms with E-state index in [2.05, 4.69) is 53.8 Å². The Morgan fingerprint density at radius 1 is 1.09 bits per heavy atom. The van der Waals surface area contributed by atoms with E-state index in [4.69, 9.17) is 4.74 Å². The number of halogens is 1. The van der Waals surface area contributed by atoms with Crippen molar-refractivity contribution in [2.24, 2.45) is 0 Å². The third kappa shape index (κ3) is 5.64. The number of thiazole rings is 1. The smallest absolute Gasteiger partial charge is 0.266 e. The van der Waals surface area contributed by atoms with Crippen LogP contribution >= 0.6 is 27.3 Å². The van der Waals surface area contributed by atoms with Crippen LogP contribution in [-0.4, -0.2) is 35.7 Å². The maximum atomic E-state index is 13.5. The first-order valence-electron chi connectivity index (χ1n) is 10.2. The summed E-state index contributed by atoms with van der Waals surface area (Å²) in [7, 11) is 3.25. The van der Waals surface area contributed by atoms with Gasteiger partial charge in [0.05, 0.1) is 13.3 Å². The van der Waals surface area contributed by atoms with Crippen LogP contribution in [0.4, 0.5) is 0 Å². The van der Waals surface area contributed by atoms with E-state index in [1.54, 1.807) is 26.3 Å². The summed E-state index contributed by atoms with van der Waals surface area (Å²) in [6.45, 7) is 6.47. The third-order valence-electron chi connectivity index (χ3n) is 5.33. The Labute approximate surface area is 201 Å². The molecule has 0 saturated carbocycles. The highest BCUT2D eigenvalue weighted by Gasteiger charge is 2.30. The van der Waals surface area contributed by atoms with Crippen LogP contribution in [0.1, 0.15) is 53.2 Å². The Balaban J connectivity index is 1.90. The molecule has 3 rings (SSSR count). The van der Waals surface area contributed by atoms with Gasteiger partial charge in [-0.3, -0.25) is 9.59 Å². The number of ether oxygens (including phenoxy) is 1. The number of nitrogens with zero attached hydrogens (tertiary/aromatic N) is 2. The summed E-state index contributed by atoms with van der Waals surface area (Å²) in [6.07, 6.45) is 1.75. The fourth-order valence-corrected chi connectivity index (χ4v) is 4.72. The molecular weight excluding hydrogens is 488 g/mol. The summed E-state index contributed by atoms with van der Waals surface area (Å²) < 4.78 is 5.87. The Morgan fingerprint density at radius 2 is 1.72 bits per heavy atom. The van der Waals surface area contributed by atoms with Gasteiger partial charge in [0.1, 0.15) is 16.7 Å². The number of amides is 1. The predicted molar refractivity (Wildman–Crippen MR) is 131 cm³/mol. The number of hydrogen-bond donors (Lipinski definition) is 0. The zero-order valence-electron chi connectivity index (χ0n) is 18.9. The van der Waals surface area contributed by atoms with Crippen molar-refractivity contribution in [3.8, 4) is 5.75 Å². The summed E-state index contributed by atoms with van der Waals surface area (Å²) in [4.78, 5) is 32.7. The molecule has 0 N–H and O–H groups in total. The zero-order chi connectivity index (χ0) is 23.5. The molecule has 0 radical (unpaired) electrons. The number of methoxy groups -OCH3 is 1. The van der Waals surface area contributed by atoms with E-state index in [-0.39, 0.29) is 23.5 Å². The highest BCUT2D eigenvalue weighted by atomic mass is 79.9. The van der Waals surface area contributed by atoms with Crippen molar-refractivity contribution < 1.29 is 14.3 Å². The van der Waals surface area contributed by atoms with Gasteiger partial charge in [-0.25, -0.2) is 4.98 Å². The average Bonchev–Trinajstić information content (AvgIpc) is 3.19. The third-order valence-corrected chi connectivity index (χ3v) is 6.79. The molecule has 0 aliphatic heterocycles. The van der Waals surface area contributed by atoms with E-state index in [1.807, 2.05) is 24.3 Å². The summed E-state index contributed by atoms with van der Waals surface area (Å²) in [5.74, 6) is 0.390. The largest absolute Gasteiger partial charge is 0.497 e. The van der Waals surface area contributed by atoms with Crippen LogP contribution in [0.5, 0.6) is 5.75 Å². The number of rotatable bonds is 7. The first-order valence-corrected chi connectivity index (χ1v) is 11.9. The molecule has 0 aliphatic carbocycles. The number of ketones is 1. The number of Topliss-reactive ketones (excluding diaryl/α,β-unsaturated/α-hetero) is 1. The van der Waals surface area contributed by atoms with Gasteiger partial charge in [-0.05, 0) is 50.2 Å². The normalized spacial score (nSPS) is 12.3. The molecule has 1 aromatic heterocycles. The van der Waals surface area contributed by atoms with Gasteiger partial charge in [0.2, 0.25) is 0 Å². The minimum absolute atomic E-state index is 0.0455. The fraction of sp³-hybridized carbons (Fsp3) is 0.320. The molecular formula is C25H27BrN2O3S. The van der Waals surface area contributed by atoms with Crippen molar-refractivity contribution in [1.82, 2.24) is 9.88 Å². The van der Waals surface area contributed by atoms with Crippen LogP contribution in [-0.2, 0) is 16.6 Å². The minimum atomic E-state index is -0.725. The van der Waals surface area contributed by atoms with Gasteiger partial charge in [0.15, 0.2) is 9.70 Å². The van der Waals surface area contributed by atoms with E-state index in [9.17, 15) is 9.59 Å². The first-order chi connectivity index (χ1) is 15.1. The zero-order valence-corrected chi connectivity index (χ0v) is 21.3. The number of carbonyl (C=O) groups is 2.